The van der Waals surface area contributed by atoms with Gasteiger partial charge in [-0.15, -0.1) is 0 Å². The van der Waals surface area contributed by atoms with Crippen molar-refractivity contribution in [3.8, 4) is 0 Å². The van der Waals surface area contributed by atoms with Crippen LogP contribution in [0, 0.1) is 0 Å². The van der Waals surface area contributed by atoms with Gasteiger partial charge < -0.3 is 19.7 Å². The molecule has 1 N–H and O–H groups in total. The molecule has 0 heterocycles. The van der Waals surface area contributed by atoms with E-state index in [1.54, 1.807) is 11.8 Å². The highest BCUT2D eigenvalue weighted by atomic mass is 16.6. The highest BCUT2D eigenvalue weighted by molar-refractivity contribution is 5.72. The summed E-state index contributed by atoms with van der Waals surface area (Å²) in [6.07, 6.45) is 4.77. The van der Waals surface area contributed by atoms with Gasteiger partial charge in [-0.25, -0.2) is 4.79 Å². The predicted molar refractivity (Wildman–Crippen MR) is 89.3 cm³/mol. The van der Waals surface area contributed by atoms with Crippen molar-refractivity contribution in [1.82, 2.24) is 10.2 Å². The fourth-order valence-corrected chi connectivity index (χ4v) is 2.61. The van der Waals surface area contributed by atoms with Crippen LogP contribution in [0.5, 0.6) is 0 Å². The third-order valence-corrected chi connectivity index (χ3v) is 3.71. The first kappa shape index (κ1) is 19.7. The molecule has 1 fully saturated rings. The molecule has 0 unspecified atom stereocenters. The Bertz CT molecular complexity index is 373. The van der Waals surface area contributed by atoms with Crippen molar-refractivity contribution in [1.29, 1.82) is 0 Å². The van der Waals surface area contributed by atoms with Crippen LogP contribution in [0.4, 0.5) is 4.79 Å². The van der Waals surface area contributed by atoms with Gasteiger partial charge in [-0.1, -0.05) is 12.8 Å². The Kier molecular flexibility index (Phi) is 8.37. The van der Waals surface area contributed by atoms with Crippen molar-refractivity contribution in [3.63, 3.8) is 0 Å². The number of amides is 1. The molecular weight excluding hydrogens is 296 g/mol. The Morgan fingerprint density at radius 2 is 1.83 bits per heavy atom. The maximum absolute atomic E-state index is 12.3. The number of ether oxygens (including phenoxy) is 2. The Balaban J connectivity index is 2.45. The molecular formula is C17H32N2O4. The second kappa shape index (κ2) is 9.75. The van der Waals surface area contributed by atoms with Crippen molar-refractivity contribution >= 4 is 12.1 Å². The lowest BCUT2D eigenvalue weighted by molar-refractivity contribution is -0.143. The van der Waals surface area contributed by atoms with Crippen LogP contribution in [-0.4, -0.2) is 54.8 Å². The molecule has 0 saturated heterocycles. The molecule has 23 heavy (non-hydrogen) atoms. The predicted octanol–water partition coefficient (Wildman–Crippen LogP) is 2.71. The smallest absolute Gasteiger partial charge is 0.410 e. The van der Waals surface area contributed by atoms with Crippen LogP contribution in [0.15, 0.2) is 0 Å². The first-order valence-corrected chi connectivity index (χ1v) is 8.68. The van der Waals surface area contributed by atoms with E-state index in [9.17, 15) is 9.59 Å². The summed E-state index contributed by atoms with van der Waals surface area (Å²) in [5, 5.41) is 3.48. The van der Waals surface area contributed by atoms with Crippen molar-refractivity contribution in [3.05, 3.63) is 0 Å². The van der Waals surface area contributed by atoms with E-state index in [4.69, 9.17) is 9.47 Å². The van der Waals surface area contributed by atoms with Crippen LogP contribution in [0.2, 0.25) is 0 Å². The van der Waals surface area contributed by atoms with Gasteiger partial charge in [0.15, 0.2) is 0 Å². The topological polar surface area (TPSA) is 67.9 Å². The number of hydrogen-bond acceptors (Lipinski definition) is 5. The molecule has 134 valence electrons. The normalized spacial score (nSPS) is 15.5. The Morgan fingerprint density at radius 3 is 2.39 bits per heavy atom. The summed E-state index contributed by atoms with van der Waals surface area (Å²) in [7, 11) is 0. The molecule has 1 amide bonds. The van der Waals surface area contributed by atoms with E-state index in [0.717, 1.165) is 0 Å². The van der Waals surface area contributed by atoms with Crippen LogP contribution in [0.3, 0.4) is 0 Å². The van der Waals surface area contributed by atoms with Gasteiger partial charge >= 0.3 is 12.1 Å². The van der Waals surface area contributed by atoms with Crippen molar-refractivity contribution < 1.29 is 19.1 Å². The fourth-order valence-electron chi connectivity index (χ4n) is 2.61. The summed E-state index contributed by atoms with van der Waals surface area (Å²) in [4.78, 5) is 25.4. The third kappa shape index (κ3) is 8.79. The standard InChI is InChI=1S/C17H32N2O4/c1-5-22-15(20)10-12-19(16(21)23-17(2,3)4)13-11-18-14-8-6-7-9-14/h14,18H,5-13H2,1-4H3. The van der Waals surface area contributed by atoms with Crippen LogP contribution in [0.25, 0.3) is 0 Å². The summed E-state index contributed by atoms with van der Waals surface area (Å²) in [6, 6.07) is 0.556. The molecule has 1 aliphatic rings. The van der Waals surface area contributed by atoms with Crippen molar-refractivity contribution in [2.45, 2.75) is 71.4 Å². The Hall–Kier alpha value is -1.30. The van der Waals surface area contributed by atoms with Gasteiger partial charge in [-0.2, -0.15) is 0 Å². The minimum absolute atomic E-state index is 0.191. The molecule has 0 bridgehead atoms. The highest BCUT2D eigenvalue weighted by Gasteiger charge is 2.23. The summed E-state index contributed by atoms with van der Waals surface area (Å²) < 4.78 is 10.3. The number of carbonyl (C=O) groups excluding carboxylic acids is 2. The summed E-state index contributed by atoms with van der Waals surface area (Å²) in [5.41, 5.74) is -0.544. The molecule has 0 aliphatic heterocycles. The second-order valence-corrected chi connectivity index (χ2v) is 6.96. The van der Waals surface area contributed by atoms with Gasteiger partial charge in [0.1, 0.15) is 5.60 Å². The molecule has 1 rings (SSSR count). The van der Waals surface area contributed by atoms with Crippen LogP contribution in [-0.2, 0) is 14.3 Å². The van der Waals surface area contributed by atoms with Crippen LogP contribution in [0.1, 0.15) is 59.8 Å². The number of hydrogen-bond donors (Lipinski definition) is 1. The van der Waals surface area contributed by atoms with Gasteiger partial charge in [-0.3, -0.25) is 4.79 Å². The molecule has 6 heteroatoms. The summed E-state index contributed by atoms with van der Waals surface area (Å²) in [6.45, 7) is 9.21. The summed E-state index contributed by atoms with van der Waals surface area (Å²) >= 11 is 0. The van der Waals surface area contributed by atoms with E-state index in [1.807, 2.05) is 20.8 Å². The Morgan fingerprint density at radius 1 is 1.17 bits per heavy atom. The van der Waals surface area contributed by atoms with Crippen LogP contribution >= 0.6 is 0 Å². The zero-order valence-corrected chi connectivity index (χ0v) is 15.0. The third-order valence-electron chi connectivity index (χ3n) is 3.71. The van der Waals surface area contributed by atoms with Gasteiger partial charge in [0.05, 0.1) is 13.0 Å². The molecule has 0 aromatic rings. The minimum atomic E-state index is -0.544. The van der Waals surface area contributed by atoms with E-state index in [-0.39, 0.29) is 18.5 Å². The van der Waals surface area contributed by atoms with Crippen molar-refractivity contribution in [2.24, 2.45) is 0 Å². The maximum atomic E-state index is 12.3. The van der Waals surface area contributed by atoms with Crippen molar-refractivity contribution in [2.75, 3.05) is 26.2 Å². The number of esters is 1. The fraction of sp³-hybridized carbons (Fsp3) is 0.882. The first-order valence-electron chi connectivity index (χ1n) is 8.68. The molecule has 0 aromatic heterocycles. The lowest BCUT2D eigenvalue weighted by Crippen LogP contribution is -2.42. The van der Waals surface area contributed by atoms with Gasteiger partial charge in [0, 0.05) is 25.7 Å². The zero-order chi connectivity index (χ0) is 17.3. The van der Waals surface area contributed by atoms with E-state index in [1.165, 1.54) is 25.7 Å². The molecule has 1 aliphatic carbocycles. The minimum Gasteiger partial charge on any atom is -0.466 e. The molecule has 1 saturated carbocycles. The highest BCUT2D eigenvalue weighted by Crippen LogP contribution is 2.17. The maximum Gasteiger partial charge on any atom is 0.410 e. The quantitative estimate of drug-likeness (QED) is 0.694. The zero-order valence-electron chi connectivity index (χ0n) is 15.0. The van der Waals surface area contributed by atoms with Gasteiger partial charge in [-0.05, 0) is 40.5 Å². The van der Waals surface area contributed by atoms with E-state index in [2.05, 4.69) is 5.32 Å². The average molecular weight is 328 g/mol. The SMILES string of the molecule is CCOC(=O)CCN(CCNC1CCCC1)C(=O)OC(C)(C)C. The largest absolute Gasteiger partial charge is 0.466 e. The molecule has 6 nitrogen and oxygen atoms in total. The van der Waals surface area contributed by atoms with E-state index < -0.39 is 5.60 Å². The van der Waals surface area contributed by atoms with Gasteiger partial charge in [0.2, 0.25) is 0 Å². The molecule has 0 spiro atoms. The second-order valence-electron chi connectivity index (χ2n) is 6.96. The van der Waals surface area contributed by atoms with E-state index >= 15 is 0 Å². The first-order chi connectivity index (χ1) is 10.8. The number of rotatable bonds is 8. The van der Waals surface area contributed by atoms with Gasteiger partial charge in [0.25, 0.3) is 0 Å². The molecule has 0 atom stereocenters. The monoisotopic (exact) mass is 328 g/mol. The lowest BCUT2D eigenvalue weighted by atomic mass is 10.2. The van der Waals surface area contributed by atoms with Crippen LogP contribution < -0.4 is 5.32 Å². The van der Waals surface area contributed by atoms with E-state index in [0.29, 0.717) is 32.3 Å². The average Bonchev–Trinajstić information content (AvgIpc) is 2.94. The number of nitrogens with one attached hydrogen (secondary N) is 1. The molecule has 0 aromatic carbocycles. The summed E-state index contributed by atoms with van der Waals surface area (Å²) in [5.74, 6) is -0.287. The number of carbonyl (C=O) groups is 2. The number of nitrogens with zero attached hydrogens (tertiary/aromatic N) is 1. The Labute approximate surface area is 139 Å². The molecule has 0 radical (unpaired) electrons. The lowest BCUT2D eigenvalue weighted by Gasteiger charge is -2.27.